The molecule has 11 nitrogen and oxygen atoms in total. The largest absolute Gasteiger partial charge is 0.338 e. The molecule has 1 atom stereocenters. The number of carbonyl (C=O) groups excluding carboxylic acids is 3. The van der Waals surface area contributed by atoms with Crippen LogP contribution in [0.2, 0.25) is 0 Å². The SMILES string of the molecule is C[C@@]1(c2ccc(S(C)(=O)=O)cc2)NC(=O)N(CC(=O)N2CCN(S(C)(=O)=O)CC2)C1=O. The maximum atomic E-state index is 13.0. The van der Waals surface area contributed by atoms with E-state index in [2.05, 4.69) is 5.32 Å². The Morgan fingerprint density at radius 3 is 2.03 bits per heavy atom. The van der Waals surface area contributed by atoms with Crippen LogP contribution in [0.1, 0.15) is 12.5 Å². The van der Waals surface area contributed by atoms with Gasteiger partial charge in [-0.3, -0.25) is 14.5 Å². The second kappa shape index (κ2) is 7.88. The van der Waals surface area contributed by atoms with Crippen molar-refractivity contribution in [2.24, 2.45) is 0 Å². The number of amides is 4. The Morgan fingerprint density at radius 2 is 1.55 bits per heavy atom. The lowest BCUT2D eigenvalue weighted by Gasteiger charge is -2.33. The fourth-order valence-corrected chi connectivity index (χ4v) is 5.03. The molecule has 4 amide bonds. The molecule has 2 heterocycles. The Labute approximate surface area is 180 Å². The molecule has 0 aliphatic carbocycles. The molecule has 2 aliphatic heterocycles. The molecule has 0 bridgehead atoms. The molecule has 0 radical (unpaired) electrons. The quantitative estimate of drug-likeness (QED) is 0.540. The summed E-state index contributed by atoms with van der Waals surface area (Å²) in [5.74, 6) is -1.10. The number of sulfonamides is 1. The average Bonchev–Trinajstić information content (AvgIpc) is 2.91. The number of imide groups is 1. The molecule has 0 aromatic heterocycles. The number of rotatable bonds is 5. The van der Waals surface area contributed by atoms with Crippen molar-refractivity contribution in [1.82, 2.24) is 19.4 Å². The summed E-state index contributed by atoms with van der Waals surface area (Å²) < 4.78 is 47.7. The topological polar surface area (TPSA) is 141 Å². The third-order valence-electron chi connectivity index (χ3n) is 5.49. The first kappa shape index (κ1) is 23.2. The number of nitrogens with one attached hydrogen (secondary N) is 1. The molecule has 3 rings (SSSR count). The van der Waals surface area contributed by atoms with E-state index in [-0.39, 0.29) is 31.1 Å². The van der Waals surface area contributed by atoms with Crippen molar-refractivity contribution >= 4 is 37.7 Å². The van der Waals surface area contributed by atoms with Gasteiger partial charge in [-0.1, -0.05) is 12.1 Å². The number of piperazine rings is 1. The van der Waals surface area contributed by atoms with E-state index in [9.17, 15) is 31.2 Å². The predicted molar refractivity (Wildman–Crippen MR) is 110 cm³/mol. The van der Waals surface area contributed by atoms with Crippen LogP contribution in [0.4, 0.5) is 4.79 Å². The van der Waals surface area contributed by atoms with Crippen molar-refractivity contribution in [1.29, 1.82) is 0 Å². The Morgan fingerprint density at radius 1 is 1.00 bits per heavy atom. The predicted octanol–water partition coefficient (Wildman–Crippen LogP) is -1.04. The zero-order chi connectivity index (χ0) is 23.2. The van der Waals surface area contributed by atoms with Crippen LogP contribution >= 0.6 is 0 Å². The first-order valence-electron chi connectivity index (χ1n) is 9.41. The highest BCUT2D eigenvalue weighted by Crippen LogP contribution is 2.29. The number of nitrogens with zero attached hydrogens (tertiary/aromatic N) is 3. The lowest BCUT2D eigenvalue weighted by atomic mass is 9.92. The van der Waals surface area contributed by atoms with Crippen LogP contribution in [-0.4, -0.2) is 94.0 Å². The fourth-order valence-electron chi connectivity index (χ4n) is 3.58. The fraction of sp³-hybridized carbons (Fsp3) is 0.500. The van der Waals surface area contributed by atoms with Gasteiger partial charge in [0.15, 0.2) is 9.84 Å². The Bertz CT molecular complexity index is 1120. The second-order valence-electron chi connectivity index (χ2n) is 7.79. The van der Waals surface area contributed by atoms with Gasteiger partial charge in [0.25, 0.3) is 5.91 Å². The minimum Gasteiger partial charge on any atom is -0.338 e. The van der Waals surface area contributed by atoms with E-state index in [0.717, 1.165) is 17.4 Å². The van der Waals surface area contributed by atoms with Gasteiger partial charge < -0.3 is 10.2 Å². The Hall–Kier alpha value is -2.51. The van der Waals surface area contributed by atoms with Gasteiger partial charge in [-0.15, -0.1) is 0 Å². The molecule has 0 saturated carbocycles. The van der Waals surface area contributed by atoms with E-state index >= 15 is 0 Å². The van der Waals surface area contributed by atoms with Gasteiger partial charge in [0.1, 0.15) is 12.1 Å². The van der Waals surface area contributed by atoms with Crippen molar-refractivity contribution in [3.05, 3.63) is 29.8 Å². The maximum Gasteiger partial charge on any atom is 0.325 e. The second-order valence-corrected chi connectivity index (χ2v) is 11.8. The first-order chi connectivity index (χ1) is 14.2. The summed E-state index contributed by atoms with van der Waals surface area (Å²) in [6, 6.07) is 4.87. The highest BCUT2D eigenvalue weighted by molar-refractivity contribution is 7.90. The minimum absolute atomic E-state index is 0.0805. The zero-order valence-corrected chi connectivity index (χ0v) is 19.0. The average molecular weight is 473 g/mol. The molecular formula is C18H24N4O7S2. The molecule has 2 aliphatic rings. The Balaban J connectivity index is 1.71. The smallest absolute Gasteiger partial charge is 0.325 e. The van der Waals surface area contributed by atoms with E-state index in [1.807, 2.05) is 0 Å². The van der Waals surface area contributed by atoms with Crippen molar-refractivity contribution in [2.45, 2.75) is 17.4 Å². The molecule has 2 saturated heterocycles. The number of urea groups is 1. The molecule has 1 aromatic rings. The van der Waals surface area contributed by atoms with E-state index in [0.29, 0.717) is 5.56 Å². The monoisotopic (exact) mass is 472 g/mol. The van der Waals surface area contributed by atoms with Crippen LogP contribution in [0.15, 0.2) is 29.2 Å². The zero-order valence-electron chi connectivity index (χ0n) is 17.4. The van der Waals surface area contributed by atoms with Crippen molar-refractivity contribution in [3.8, 4) is 0 Å². The van der Waals surface area contributed by atoms with Crippen LogP contribution in [0.25, 0.3) is 0 Å². The first-order valence-corrected chi connectivity index (χ1v) is 13.1. The van der Waals surface area contributed by atoms with Crippen LogP contribution in [-0.2, 0) is 35.0 Å². The van der Waals surface area contributed by atoms with Gasteiger partial charge in [-0.2, -0.15) is 4.31 Å². The number of benzene rings is 1. The van der Waals surface area contributed by atoms with Gasteiger partial charge in [0.2, 0.25) is 15.9 Å². The summed E-state index contributed by atoms with van der Waals surface area (Å²) in [5, 5.41) is 2.57. The lowest BCUT2D eigenvalue weighted by molar-refractivity contribution is -0.139. The third-order valence-corrected chi connectivity index (χ3v) is 7.92. The van der Waals surface area contributed by atoms with Crippen LogP contribution in [0, 0.1) is 0 Å². The van der Waals surface area contributed by atoms with Crippen LogP contribution < -0.4 is 5.32 Å². The van der Waals surface area contributed by atoms with Gasteiger partial charge in [-0.05, 0) is 24.6 Å². The molecule has 1 N–H and O–H groups in total. The maximum absolute atomic E-state index is 13.0. The molecule has 13 heteroatoms. The van der Waals surface area contributed by atoms with E-state index in [4.69, 9.17) is 0 Å². The molecule has 31 heavy (non-hydrogen) atoms. The normalized spacial score (nSPS) is 23.2. The Kier molecular flexibility index (Phi) is 5.88. The summed E-state index contributed by atoms with van der Waals surface area (Å²) in [6.07, 6.45) is 2.16. The van der Waals surface area contributed by atoms with Gasteiger partial charge in [0.05, 0.1) is 11.2 Å². The molecule has 0 spiro atoms. The highest BCUT2D eigenvalue weighted by atomic mass is 32.2. The minimum atomic E-state index is -3.41. The summed E-state index contributed by atoms with van der Waals surface area (Å²) in [5.41, 5.74) is -1.06. The van der Waals surface area contributed by atoms with Gasteiger partial charge >= 0.3 is 6.03 Å². The summed E-state index contributed by atoms with van der Waals surface area (Å²) in [6.45, 7) is 1.64. The number of hydrogen-bond donors (Lipinski definition) is 1. The summed E-state index contributed by atoms with van der Waals surface area (Å²) in [4.78, 5) is 40.4. The van der Waals surface area contributed by atoms with Crippen LogP contribution in [0.5, 0.6) is 0 Å². The van der Waals surface area contributed by atoms with Crippen molar-refractivity contribution < 1.29 is 31.2 Å². The standard InChI is InChI=1S/C18H24N4O7S2/c1-18(13-4-6-14(7-5-13)30(2,26)27)16(24)22(17(25)19-18)12-15(23)20-8-10-21(11-9-20)31(3,28)29/h4-7H,8-12H2,1-3H3,(H,19,25)/t18-/m0/s1. The van der Waals surface area contributed by atoms with E-state index < -0.39 is 49.8 Å². The molecule has 2 fully saturated rings. The van der Waals surface area contributed by atoms with Crippen LogP contribution in [0.3, 0.4) is 0 Å². The molecule has 1 aromatic carbocycles. The molecule has 170 valence electrons. The third kappa shape index (κ3) is 4.57. The number of sulfone groups is 1. The van der Waals surface area contributed by atoms with E-state index in [1.54, 1.807) is 0 Å². The number of carbonyl (C=O) groups is 3. The highest BCUT2D eigenvalue weighted by Gasteiger charge is 2.49. The summed E-state index contributed by atoms with van der Waals surface area (Å²) >= 11 is 0. The molecule has 0 unspecified atom stereocenters. The lowest BCUT2D eigenvalue weighted by Crippen LogP contribution is -2.53. The number of hydrogen-bond acceptors (Lipinski definition) is 7. The van der Waals surface area contributed by atoms with Gasteiger partial charge in [0, 0.05) is 32.4 Å². The van der Waals surface area contributed by atoms with E-state index in [1.165, 1.54) is 40.4 Å². The summed E-state index contributed by atoms with van der Waals surface area (Å²) in [7, 11) is -6.76. The van der Waals surface area contributed by atoms with Crippen molar-refractivity contribution in [3.63, 3.8) is 0 Å². The van der Waals surface area contributed by atoms with Crippen molar-refractivity contribution in [2.75, 3.05) is 45.2 Å². The molecular weight excluding hydrogens is 448 g/mol. The van der Waals surface area contributed by atoms with Gasteiger partial charge in [-0.25, -0.2) is 21.6 Å².